The molecule has 3 N–H and O–H groups in total. The Balaban J connectivity index is 1.71. The summed E-state index contributed by atoms with van der Waals surface area (Å²) in [5.74, 6) is 0.171. The van der Waals surface area contributed by atoms with Gasteiger partial charge >= 0.3 is 0 Å². The maximum atomic E-state index is 13.3. The van der Waals surface area contributed by atoms with Gasteiger partial charge < -0.3 is 20.5 Å². The number of hydrogen-bond acceptors (Lipinski definition) is 4. The molecule has 0 aliphatic carbocycles. The third-order valence-corrected chi connectivity index (χ3v) is 3.83. The van der Waals surface area contributed by atoms with Gasteiger partial charge in [-0.3, -0.25) is 4.79 Å². The lowest BCUT2D eigenvalue weighted by Gasteiger charge is -2.15. The van der Waals surface area contributed by atoms with E-state index in [1.807, 2.05) is 0 Å². The zero-order valence-electron chi connectivity index (χ0n) is 13.1. The molecule has 0 radical (unpaired) electrons. The van der Waals surface area contributed by atoms with Crippen molar-refractivity contribution in [1.82, 2.24) is 0 Å². The Kier molecular flexibility index (Phi) is 5.08. The molecule has 1 fully saturated rings. The minimum atomic E-state index is -0.513. The third kappa shape index (κ3) is 3.90. The van der Waals surface area contributed by atoms with E-state index in [4.69, 9.17) is 15.2 Å². The molecule has 0 spiro atoms. The van der Waals surface area contributed by atoms with E-state index < -0.39 is 6.10 Å². The van der Waals surface area contributed by atoms with Gasteiger partial charge in [-0.1, -0.05) is 18.2 Å². The van der Waals surface area contributed by atoms with Gasteiger partial charge in [0.1, 0.15) is 17.7 Å². The first-order valence-corrected chi connectivity index (χ1v) is 7.84. The number of para-hydroxylation sites is 2. The molecule has 2 aromatic rings. The Morgan fingerprint density at radius 3 is 2.83 bits per heavy atom. The van der Waals surface area contributed by atoms with E-state index in [2.05, 4.69) is 5.32 Å². The highest BCUT2D eigenvalue weighted by Gasteiger charge is 2.30. The van der Waals surface area contributed by atoms with Crippen LogP contribution in [-0.2, 0) is 9.53 Å². The van der Waals surface area contributed by atoms with Crippen molar-refractivity contribution in [3.05, 3.63) is 54.3 Å². The topological polar surface area (TPSA) is 73.6 Å². The second kappa shape index (κ2) is 7.42. The van der Waals surface area contributed by atoms with Gasteiger partial charge in [-0.25, -0.2) is 4.39 Å². The first kappa shape index (κ1) is 16.4. The second-order valence-electron chi connectivity index (χ2n) is 5.60. The number of carbonyl (C=O) groups is 1. The molecule has 1 saturated heterocycles. The molecule has 1 aliphatic heterocycles. The number of amides is 1. The van der Waals surface area contributed by atoms with E-state index in [1.54, 1.807) is 36.4 Å². The molecule has 2 atom stereocenters. The number of ether oxygens (including phenoxy) is 2. The van der Waals surface area contributed by atoms with Crippen molar-refractivity contribution in [3.8, 4) is 11.5 Å². The second-order valence-corrected chi connectivity index (χ2v) is 5.60. The number of rotatable bonds is 5. The van der Waals surface area contributed by atoms with Gasteiger partial charge in [0.25, 0.3) is 5.91 Å². The van der Waals surface area contributed by atoms with Crippen molar-refractivity contribution >= 4 is 11.6 Å². The normalized spacial score (nSPS) is 19.9. The molecule has 0 bridgehead atoms. The summed E-state index contributed by atoms with van der Waals surface area (Å²) in [7, 11) is 0. The first-order valence-electron chi connectivity index (χ1n) is 7.84. The number of hydrogen-bond donors (Lipinski definition) is 2. The van der Waals surface area contributed by atoms with E-state index >= 15 is 0 Å². The molecule has 1 amide bonds. The fourth-order valence-corrected chi connectivity index (χ4v) is 2.60. The van der Waals surface area contributed by atoms with Crippen molar-refractivity contribution < 1.29 is 18.7 Å². The highest BCUT2D eigenvalue weighted by molar-refractivity contribution is 5.95. The molecule has 2 aromatic carbocycles. The van der Waals surface area contributed by atoms with Crippen LogP contribution in [0.5, 0.6) is 11.5 Å². The first-order chi connectivity index (χ1) is 11.7. The van der Waals surface area contributed by atoms with Crippen LogP contribution in [0.1, 0.15) is 12.8 Å². The zero-order valence-corrected chi connectivity index (χ0v) is 13.1. The Labute approximate surface area is 139 Å². The maximum Gasteiger partial charge on any atom is 0.253 e. The lowest BCUT2D eigenvalue weighted by molar-refractivity contribution is -0.126. The van der Waals surface area contributed by atoms with Crippen LogP contribution in [0.4, 0.5) is 10.1 Å². The summed E-state index contributed by atoms with van der Waals surface area (Å²) in [5, 5.41) is 2.81. The van der Waals surface area contributed by atoms with Crippen molar-refractivity contribution in [2.45, 2.75) is 25.0 Å². The molecule has 6 heteroatoms. The lowest BCUT2D eigenvalue weighted by atomic mass is 10.2. The predicted octanol–water partition coefficient (Wildman–Crippen LogP) is 3.06. The monoisotopic (exact) mass is 330 g/mol. The van der Waals surface area contributed by atoms with Crippen LogP contribution in [-0.4, -0.2) is 24.7 Å². The molecule has 5 nitrogen and oxygen atoms in total. The average molecular weight is 330 g/mol. The molecular formula is C18H19FN2O3. The summed E-state index contributed by atoms with van der Waals surface area (Å²) in [6.07, 6.45) is 0.830. The molecule has 24 heavy (non-hydrogen) atoms. The minimum Gasteiger partial charge on any atom is -0.455 e. The van der Waals surface area contributed by atoms with Crippen LogP contribution in [0.2, 0.25) is 0 Å². The molecular weight excluding hydrogens is 311 g/mol. The Morgan fingerprint density at radius 1 is 1.25 bits per heavy atom. The van der Waals surface area contributed by atoms with E-state index in [0.29, 0.717) is 30.2 Å². The molecule has 3 rings (SSSR count). The van der Waals surface area contributed by atoms with Gasteiger partial charge in [0, 0.05) is 12.6 Å². The molecule has 1 heterocycles. The largest absolute Gasteiger partial charge is 0.455 e. The number of anilines is 1. The number of nitrogens with two attached hydrogens (primary N) is 1. The number of carbonyl (C=O) groups excluding carboxylic acids is 1. The van der Waals surface area contributed by atoms with Gasteiger partial charge in [-0.15, -0.1) is 0 Å². The predicted molar refractivity (Wildman–Crippen MR) is 88.5 cm³/mol. The Morgan fingerprint density at radius 2 is 2.08 bits per heavy atom. The average Bonchev–Trinajstić information content (AvgIpc) is 3.06. The van der Waals surface area contributed by atoms with Crippen LogP contribution < -0.4 is 15.8 Å². The van der Waals surface area contributed by atoms with Crippen LogP contribution in [0, 0.1) is 5.82 Å². The summed E-state index contributed by atoms with van der Waals surface area (Å²) in [4.78, 5) is 12.3. The highest BCUT2D eigenvalue weighted by Crippen LogP contribution is 2.30. The van der Waals surface area contributed by atoms with Crippen molar-refractivity contribution in [2.24, 2.45) is 5.73 Å². The molecule has 1 aliphatic rings. The van der Waals surface area contributed by atoms with E-state index in [-0.39, 0.29) is 17.8 Å². The van der Waals surface area contributed by atoms with Gasteiger partial charge in [0.2, 0.25) is 0 Å². The summed E-state index contributed by atoms with van der Waals surface area (Å²) < 4.78 is 24.6. The quantitative estimate of drug-likeness (QED) is 0.884. The van der Waals surface area contributed by atoms with Gasteiger partial charge in [-0.2, -0.15) is 0 Å². The number of halogens is 1. The lowest BCUT2D eigenvalue weighted by Crippen LogP contribution is -2.29. The molecule has 0 aromatic heterocycles. The van der Waals surface area contributed by atoms with Crippen molar-refractivity contribution in [3.63, 3.8) is 0 Å². The third-order valence-electron chi connectivity index (χ3n) is 3.83. The fourth-order valence-electron chi connectivity index (χ4n) is 2.60. The highest BCUT2D eigenvalue weighted by atomic mass is 19.1. The Hall–Kier alpha value is -2.44. The van der Waals surface area contributed by atoms with Crippen LogP contribution in [0.15, 0.2) is 48.5 Å². The summed E-state index contributed by atoms with van der Waals surface area (Å²) >= 11 is 0. The molecule has 0 saturated carbocycles. The standard InChI is InChI=1S/C18H19FN2O3/c19-12-4-3-5-13(10-12)23-16-7-2-1-6-15(16)21-18(22)17-9-8-14(11-20)24-17/h1-7,10,14,17H,8-9,11,20H2,(H,21,22)/t14-,17+/m1/s1. The van der Waals surface area contributed by atoms with Crippen molar-refractivity contribution in [2.75, 3.05) is 11.9 Å². The fraction of sp³-hybridized carbons (Fsp3) is 0.278. The summed E-state index contributed by atoms with van der Waals surface area (Å²) in [5.41, 5.74) is 6.07. The van der Waals surface area contributed by atoms with Gasteiger partial charge in [0.15, 0.2) is 5.75 Å². The zero-order chi connectivity index (χ0) is 16.9. The van der Waals surface area contributed by atoms with Crippen LogP contribution >= 0.6 is 0 Å². The minimum absolute atomic E-state index is 0.0699. The van der Waals surface area contributed by atoms with Gasteiger partial charge in [0.05, 0.1) is 11.8 Å². The van der Waals surface area contributed by atoms with Crippen LogP contribution in [0.3, 0.4) is 0 Å². The summed E-state index contributed by atoms with van der Waals surface area (Å²) in [6.45, 7) is 0.406. The Bertz CT molecular complexity index is 723. The van der Waals surface area contributed by atoms with E-state index in [1.165, 1.54) is 12.1 Å². The smallest absolute Gasteiger partial charge is 0.253 e. The molecule has 0 unspecified atom stereocenters. The maximum absolute atomic E-state index is 13.3. The van der Waals surface area contributed by atoms with Crippen molar-refractivity contribution in [1.29, 1.82) is 0 Å². The summed E-state index contributed by atoms with van der Waals surface area (Å²) in [6, 6.07) is 12.8. The number of benzene rings is 2. The molecule has 126 valence electrons. The number of nitrogens with one attached hydrogen (secondary N) is 1. The van der Waals surface area contributed by atoms with E-state index in [9.17, 15) is 9.18 Å². The van der Waals surface area contributed by atoms with Gasteiger partial charge in [-0.05, 0) is 37.1 Å². The SMILES string of the molecule is NC[C@H]1CC[C@@H](C(=O)Nc2ccccc2Oc2cccc(F)c2)O1. The van der Waals surface area contributed by atoms with Crippen LogP contribution in [0.25, 0.3) is 0 Å². The van der Waals surface area contributed by atoms with E-state index in [0.717, 1.165) is 6.42 Å².